The van der Waals surface area contributed by atoms with Crippen molar-refractivity contribution in [3.8, 4) is 0 Å². The van der Waals surface area contributed by atoms with Crippen LogP contribution >= 0.6 is 27.5 Å². The Morgan fingerprint density at radius 2 is 1.95 bits per heavy atom. The number of benzene rings is 2. The van der Waals surface area contributed by atoms with Crippen molar-refractivity contribution in [3.63, 3.8) is 0 Å². The van der Waals surface area contributed by atoms with Crippen LogP contribution in [-0.4, -0.2) is 0 Å². The van der Waals surface area contributed by atoms with Crippen LogP contribution in [0.2, 0.25) is 5.02 Å². The van der Waals surface area contributed by atoms with Gasteiger partial charge < -0.3 is 5.32 Å². The van der Waals surface area contributed by atoms with Gasteiger partial charge in [-0.15, -0.1) is 0 Å². The average Bonchev–Trinajstić information content (AvgIpc) is 2.38. The molecule has 0 heterocycles. The van der Waals surface area contributed by atoms with E-state index in [1.54, 1.807) is 0 Å². The lowest BCUT2D eigenvalue weighted by Gasteiger charge is -2.17. The first-order valence-corrected chi connectivity index (χ1v) is 7.48. The highest BCUT2D eigenvalue weighted by Gasteiger charge is 2.08. The number of hydrogen-bond donors (Lipinski definition) is 1. The molecule has 0 saturated carbocycles. The summed E-state index contributed by atoms with van der Waals surface area (Å²) in [6.45, 7) is 5.08. The molecule has 3 heteroatoms. The fourth-order valence-corrected chi connectivity index (χ4v) is 2.85. The van der Waals surface area contributed by atoms with Gasteiger partial charge in [0.2, 0.25) is 0 Å². The minimum Gasteiger partial charge on any atom is -0.306 e. The smallest absolute Gasteiger partial charge is 0.0462 e. The van der Waals surface area contributed by atoms with Gasteiger partial charge in [-0.2, -0.15) is 0 Å². The van der Waals surface area contributed by atoms with Crippen LogP contribution in [0.15, 0.2) is 46.9 Å². The molecule has 0 aliphatic rings. The first-order valence-electron chi connectivity index (χ1n) is 6.31. The maximum Gasteiger partial charge on any atom is 0.0462 e. The second-order valence-electron chi connectivity index (χ2n) is 4.69. The van der Waals surface area contributed by atoms with Gasteiger partial charge in [0, 0.05) is 22.1 Å². The SMILES string of the molecule is Cc1ccccc1[C@H](C)NCc1ccc(Br)cc1Cl. The second-order valence-corrected chi connectivity index (χ2v) is 6.02. The van der Waals surface area contributed by atoms with Crippen LogP contribution in [0.4, 0.5) is 0 Å². The van der Waals surface area contributed by atoms with Crippen LogP contribution < -0.4 is 5.32 Å². The molecule has 100 valence electrons. The molecule has 1 N–H and O–H groups in total. The van der Waals surface area contributed by atoms with Gasteiger partial charge in [0.15, 0.2) is 0 Å². The third-order valence-electron chi connectivity index (χ3n) is 3.27. The minimum atomic E-state index is 0.306. The summed E-state index contributed by atoms with van der Waals surface area (Å²) in [6, 6.07) is 14.7. The molecule has 0 saturated heterocycles. The number of halogens is 2. The molecule has 0 fully saturated rings. The Morgan fingerprint density at radius 3 is 2.63 bits per heavy atom. The fraction of sp³-hybridized carbons (Fsp3) is 0.250. The van der Waals surface area contributed by atoms with Crippen LogP contribution in [0.25, 0.3) is 0 Å². The summed E-state index contributed by atoms with van der Waals surface area (Å²) in [7, 11) is 0. The molecule has 2 aromatic rings. The lowest BCUT2D eigenvalue weighted by molar-refractivity contribution is 0.572. The standard InChI is InChI=1S/C16H17BrClN/c1-11-5-3-4-6-15(11)12(2)19-10-13-7-8-14(17)9-16(13)18/h3-9,12,19H,10H2,1-2H3/t12-/m0/s1. The summed E-state index contributed by atoms with van der Waals surface area (Å²) < 4.78 is 1.01. The summed E-state index contributed by atoms with van der Waals surface area (Å²) in [4.78, 5) is 0. The molecule has 0 bridgehead atoms. The van der Waals surface area contributed by atoms with E-state index >= 15 is 0 Å². The van der Waals surface area contributed by atoms with Gasteiger partial charge in [-0.1, -0.05) is 57.9 Å². The summed E-state index contributed by atoms with van der Waals surface area (Å²) >= 11 is 9.64. The van der Waals surface area contributed by atoms with Crippen molar-refractivity contribution in [2.45, 2.75) is 26.4 Å². The van der Waals surface area contributed by atoms with Crippen molar-refractivity contribution in [1.82, 2.24) is 5.32 Å². The number of nitrogens with one attached hydrogen (secondary N) is 1. The third-order valence-corrected chi connectivity index (χ3v) is 4.11. The van der Waals surface area contributed by atoms with E-state index < -0.39 is 0 Å². The van der Waals surface area contributed by atoms with Gasteiger partial charge >= 0.3 is 0 Å². The molecule has 19 heavy (non-hydrogen) atoms. The van der Waals surface area contributed by atoms with Crippen molar-refractivity contribution in [3.05, 3.63) is 68.7 Å². The summed E-state index contributed by atoms with van der Waals surface area (Å²) in [6.07, 6.45) is 0. The first-order chi connectivity index (χ1) is 9.08. The van der Waals surface area contributed by atoms with E-state index in [2.05, 4.69) is 59.4 Å². The van der Waals surface area contributed by atoms with Gasteiger partial charge in [-0.3, -0.25) is 0 Å². The highest BCUT2D eigenvalue weighted by molar-refractivity contribution is 9.10. The van der Waals surface area contributed by atoms with E-state index in [4.69, 9.17) is 11.6 Å². The first kappa shape index (κ1) is 14.6. The van der Waals surface area contributed by atoms with Crippen molar-refractivity contribution in [1.29, 1.82) is 0 Å². The van der Waals surface area contributed by atoms with Gasteiger partial charge in [0.05, 0.1) is 0 Å². The molecule has 1 atom stereocenters. The monoisotopic (exact) mass is 337 g/mol. The Morgan fingerprint density at radius 1 is 1.21 bits per heavy atom. The Kier molecular flexibility index (Phi) is 5.03. The molecule has 2 rings (SSSR count). The Hall–Kier alpha value is -0.830. The van der Waals surface area contributed by atoms with Gasteiger partial charge in [-0.25, -0.2) is 0 Å². The Labute approximate surface area is 128 Å². The Balaban J connectivity index is 2.04. The molecule has 0 aromatic heterocycles. The highest BCUT2D eigenvalue weighted by atomic mass is 79.9. The molecule has 0 unspecified atom stereocenters. The predicted octanol–water partition coefficient (Wildman–Crippen LogP) is 5.26. The summed E-state index contributed by atoms with van der Waals surface area (Å²) in [5.41, 5.74) is 3.76. The number of aryl methyl sites for hydroxylation is 1. The molecular formula is C16H17BrClN. The summed E-state index contributed by atoms with van der Waals surface area (Å²) in [5, 5.41) is 4.31. The van der Waals surface area contributed by atoms with E-state index in [0.717, 1.165) is 21.6 Å². The van der Waals surface area contributed by atoms with Gasteiger partial charge in [0.1, 0.15) is 0 Å². The van der Waals surface area contributed by atoms with Gasteiger partial charge in [-0.05, 0) is 42.7 Å². The third kappa shape index (κ3) is 3.82. The fourth-order valence-electron chi connectivity index (χ4n) is 2.11. The molecule has 0 amide bonds. The van der Waals surface area contributed by atoms with E-state index in [1.807, 2.05) is 18.2 Å². The van der Waals surface area contributed by atoms with Crippen molar-refractivity contribution >= 4 is 27.5 Å². The normalized spacial score (nSPS) is 12.4. The van der Waals surface area contributed by atoms with Gasteiger partial charge in [0.25, 0.3) is 0 Å². The van der Waals surface area contributed by atoms with Crippen molar-refractivity contribution in [2.24, 2.45) is 0 Å². The maximum absolute atomic E-state index is 6.22. The largest absolute Gasteiger partial charge is 0.306 e. The summed E-state index contributed by atoms with van der Waals surface area (Å²) in [5.74, 6) is 0. The van der Waals surface area contributed by atoms with Crippen LogP contribution in [0, 0.1) is 6.92 Å². The van der Waals surface area contributed by atoms with Crippen molar-refractivity contribution in [2.75, 3.05) is 0 Å². The topological polar surface area (TPSA) is 12.0 Å². The van der Waals surface area contributed by atoms with Crippen LogP contribution in [0.5, 0.6) is 0 Å². The number of rotatable bonds is 4. The van der Waals surface area contributed by atoms with Crippen LogP contribution in [-0.2, 0) is 6.54 Å². The average molecular weight is 339 g/mol. The molecule has 0 spiro atoms. The van der Waals surface area contributed by atoms with Crippen LogP contribution in [0.1, 0.15) is 29.7 Å². The van der Waals surface area contributed by atoms with E-state index in [-0.39, 0.29) is 0 Å². The molecular weight excluding hydrogens is 322 g/mol. The van der Waals surface area contributed by atoms with E-state index in [0.29, 0.717) is 6.04 Å². The Bertz CT molecular complexity index is 568. The van der Waals surface area contributed by atoms with Crippen molar-refractivity contribution < 1.29 is 0 Å². The van der Waals surface area contributed by atoms with Crippen LogP contribution in [0.3, 0.4) is 0 Å². The molecule has 0 aliphatic heterocycles. The quantitative estimate of drug-likeness (QED) is 0.801. The molecule has 2 aromatic carbocycles. The lowest BCUT2D eigenvalue weighted by Crippen LogP contribution is -2.19. The zero-order valence-corrected chi connectivity index (χ0v) is 13.4. The minimum absolute atomic E-state index is 0.306. The second kappa shape index (κ2) is 6.56. The lowest BCUT2D eigenvalue weighted by atomic mass is 10.0. The zero-order chi connectivity index (χ0) is 13.8. The molecule has 1 nitrogen and oxygen atoms in total. The number of hydrogen-bond acceptors (Lipinski definition) is 1. The maximum atomic E-state index is 6.22. The van der Waals surface area contributed by atoms with E-state index in [9.17, 15) is 0 Å². The van der Waals surface area contributed by atoms with E-state index in [1.165, 1.54) is 11.1 Å². The zero-order valence-electron chi connectivity index (χ0n) is 11.1. The predicted molar refractivity (Wildman–Crippen MR) is 85.6 cm³/mol. The highest BCUT2D eigenvalue weighted by Crippen LogP contribution is 2.23. The molecule has 0 radical (unpaired) electrons. The molecule has 0 aliphatic carbocycles.